The summed E-state index contributed by atoms with van der Waals surface area (Å²) in [6, 6.07) is 3.91. The number of carbonyl (C=O) groups excluding carboxylic acids is 1. The van der Waals surface area contributed by atoms with Gasteiger partial charge in [0.25, 0.3) is 0 Å². The monoisotopic (exact) mass is 191 g/mol. The molecule has 0 bridgehead atoms. The van der Waals surface area contributed by atoms with Crippen LogP contribution in [0.15, 0.2) is 18.5 Å². The normalized spacial score (nSPS) is 9.36. The number of amides is 1. The molecule has 2 N–H and O–H groups in total. The van der Waals surface area contributed by atoms with E-state index in [1.807, 2.05) is 24.5 Å². The number of nitriles is 1. The lowest BCUT2D eigenvalue weighted by Gasteiger charge is -2.01. The molecule has 14 heavy (non-hydrogen) atoms. The first-order valence-electron chi connectivity index (χ1n) is 4.58. The van der Waals surface area contributed by atoms with E-state index in [-0.39, 0.29) is 12.3 Å². The molecular formula is C10H13N3O. The number of hydrogen-bond donors (Lipinski definition) is 2. The lowest BCUT2D eigenvalue weighted by Crippen LogP contribution is -2.25. The second-order valence-electron chi connectivity index (χ2n) is 2.98. The van der Waals surface area contributed by atoms with Crippen LogP contribution in [0.25, 0.3) is 0 Å². The van der Waals surface area contributed by atoms with Gasteiger partial charge in [-0.15, -0.1) is 0 Å². The summed E-state index contributed by atoms with van der Waals surface area (Å²) < 4.78 is 0. The molecule has 1 rings (SSSR count). The van der Waals surface area contributed by atoms with Gasteiger partial charge in [-0.2, -0.15) is 5.26 Å². The topological polar surface area (TPSA) is 68.7 Å². The first-order valence-corrected chi connectivity index (χ1v) is 4.58. The summed E-state index contributed by atoms with van der Waals surface area (Å²) >= 11 is 0. The van der Waals surface area contributed by atoms with Gasteiger partial charge in [-0.1, -0.05) is 0 Å². The Labute approximate surface area is 82.9 Å². The smallest absolute Gasteiger partial charge is 0.221 e. The molecule has 0 aliphatic carbocycles. The van der Waals surface area contributed by atoms with E-state index in [4.69, 9.17) is 5.26 Å². The average Bonchev–Trinajstić information content (AvgIpc) is 2.67. The van der Waals surface area contributed by atoms with Gasteiger partial charge in [0.05, 0.1) is 6.07 Å². The van der Waals surface area contributed by atoms with Crippen molar-refractivity contribution in [2.75, 3.05) is 6.54 Å². The molecule has 0 radical (unpaired) electrons. The number of nitrogens with one attached hydrogen (secondary N) is 2. The maximum atomic E-state index is 11.1. The lowest BCUT2D eigenvalue weighted by atomic mass is 10.2. The van der Waals surface area contributed by atoms with Gasteiger partial charge in [0.1, 0.15) is 0 Å². The Hall–Kier alpha value is -1.76. The second-order valence-corrected chi connectivity index (χ2v) is 2.98. The predicted molar refractivity (Wildman–Crippen MR) is 52.4 cm³/mol. The summed E-state index contributed by atoms with van der Waals surface area (Å²) in [4.78, 5) is 14.0. The molecule has 0 unspecified atom stereocenters. The third-order valence-electron chi connectivity index (χ3n) is 1.86. The second kappa shape index (κ2) is 5.81. The first-order chi connectivity index (χ1) is 6.83. The Morgan fingerprint density at radius 3 is 3.14 bits per heavy atom. The minimum absolute atomic E-state index is 0.0536. The summed E-state index contributed by atoms with van der Waals surface area (Å²) in [5.74, 6) is -0.0536. The zero-order valence-corrected chi connectivity index (χ0v) is 7.92. The largest absolute Gasteiger partial charge is 0.367 e. The van der Waals surface area contributed by atoms with Crippen LogP contribution < -0.4 is 5.32 Å². The zero-order chi connectivity index (χ0) is 10.2. The maximum Gasteiger partial charge on any atom is 0.221 e. The zero-order valence-electron chi connectivity index (χ0n) is 7.92. The van der Waals surface area contributed by atoms with E-state index in [9.17, 15) is 4.79 Å². The van der Waals surface area contributed by atoms with Crippen LogP contribution in [0, 0.1) is 11.3 Å². The van der Waals surface area contributed by atoms with Gasteiger partial charge in [0.2, 0.25) is 5.91 Å². The van der Waals surface area contributed by atoms with Crippen LogP contribution in [0.5, 0.6) is 0 Å². The highest BCUT2D eigenvalue weighted by atomic mass is 16.1. The molecule has 4 heteroatoms. The van der Waals surface area contributed by atoms with Crippen LogP contribution in [0.4, 0.5) is 0 Å². The number of aromatic amines is 1. The van der Waals surface area contributed by atoms with Crippen molar-refractivity contribution in [2.24, 2.45) is 0 Å². The molecule has 1 heterocycles. The standard InChI is InChI=1S/C10H13N3O/c11-5-1-2-10(14)13-7-4-9-3-6-12-8-9/h3,6,8,12H,1-2,4,7H2,(H,13,14). The number of nitrogens with zero attached hydrogens (tertiary/aromatic N) is 1. The van der Waals surface area contributed by atoms with Gasteiger partial charge < -0.3 is 10.3 Å². The van der Waals surface area contributed by atoms with Gasteiger partial charge >= 0.3 is 0 Å². The summed E-state index contributed by atoms with van der Waals surface area (Å²) in [6.45, 7) is 0.627. The van der Waals surface area contributed by atoms with Gasteiger partial charge in [-0.25, -0.2) is 0 Å². The van der Waals surface area contributed by atoms with Crippen molar-refractivity contribution in [2.45, 2.75) is 19.3 Å². The van der Waals surface area contributed by atoms with E-state index in [0.29, 0.717) is 13.0 Å². The SMILES string of the molecule is N#CCCC(=O)NCCc1cc[nH]c1. The molecular weight excluding hydrogens is 178 g/mol. The van der Waals surface area contributed by atoms with Gasteiger partial charge in [-0.3, -0.25) is 4.79 Å². The number of rotatable bonds is 5. The molecule has 0 fully saturated rings. The third kappa shape index (κ3) is 3.76. The minimum atomic E-state index is -0.0536. The molecule has 0 saturated heterocycles. The van der Waals surface area contributed by atoms with Gasteiger partial charge in [0, 0.05) is 31.8 Å². The van der Waals surface area contributed by atoms with E-state index < -0.39 is 0 Å². The molecule has 1 aromatic rings. The molecule has 0 saturated carbocycles. The van der Waals surface area contributed by atoms with E-state index in [1.54, 1.807) is 0 Å². The molecule has 74 valence electrons. The van der Waals surface area contributed by atoms with Crippen LogP contribution >= 0.6 is 0 Å². The fourth-order valence-corrected chi connectivity index (χ4v) is 1.12. The lowest BCUT2D eigenvalue weighted by molar-refractivity contribution is -0.120. The van der Waals surface area contributed by atoms with Crippen molar-refractivity contribution in [1.29, 1.82) is 5.26 Å². The molecule has 1 aromatic heterocycles. The molecule has 4 nitrogen and oxygen atoms in total. The highest BCUT2D eigenvalue weighted by Crippen LogP contribution is 1.96. The molecule has 0 atom stereocenters. The molecule has 0 aliphatic rings. The quantitative estimate of drug-likeness (QED) is 0.728. The predicted octanol–water partition coefficient (Wildman–Crippen LogP) is 0.977. The number of hydrogen-bond acceptors (Lipinski definition) is 2. The summed E-state index contributed by atoms with van der Waals surface area (Å²) in [5.41, 5.74) is 1.17. The maximum absolute atomic E-state index is 11.1. The van der Waals surface area contributed by atoms with Crippen LogP contribution in [0.1, 0.15) is 18.4 Å². The van der Waals surface area contributed by atoms with E-state index in [1.165, 1.54) is 5.56 Å². The van der Waals surface area contributed by atoms with Crippen LogP contribution in [-0.2, 0) is 11.2 Å². The third-order valence-corrected chi connectivity index (χ3v) is 1.86. The molecule has 1 amide bonds. The highest BCUT2D eigenvalue weighted by molar-refractivity contribution is 5.76. The summed E-state index contributed by atoms with van der Waals surface area (Å²) in [6.07, 6.45) is 5.16. The fourth-order valence-electron chi connectivity index (χ4n) is 1.12. The highest BCUT2D eigenvalue weighted by Gasteiger charge is 1.99. The van der Waals surface area contributed by atoms with E-state index in [0.717, 1.165) is 6.42 Å². The van der Waals surface area contributed by atoms with Gasteiger partial charge in [-0.05, 0) is 18.1 Å². The minimum Gasteiger partial charge on any atom is -0.367 e. The van der Waals surface area contributed by atoms with Crippen LogP contribution in [0.3, 0.4) is 0 Å². The Bertz CT molecular complexity index is 311. The van der Waals surface area contributed by atoms with Gasteiger partial charge in [0.15, 0.2) is 0 Å². The fraction of sp³-hybridized carbons (Fsp3) is 0.400. The number of carbonyl (C=O) groups is 1. The van der Waals surface area contributed by atoms with E-state index >= 15 is 0 Å². The van der Waals surface area contributed by atoms with Crippen molar-refractivity contribution < 1.29 is 4.79 Å². The Kier molecular flexibility index (Phi) is 4.29. The van der Waals surface area contributed by atoms with Crippen molar-refractivity contribution >= 4 is 5.91 Å². The Balaban J connectivity index is 2.10. The van der Waals surface area contributed by atoms with Crippen molar-refractivity contribution in [1.82, 2.24) is 10.3 Å². The Morgan fingerprint density at radius 2 is 2.50 bits per heavy atom. The van der Waals surface area contributed by atoms with Crippen LogP contribution in [0.2, 0.25) is 0 Å². The number of aromatic nitrogens is 1. The molecule has 0 spiro atoms. The average molecular weight is 191 g/mol. The first kappa shape index (κ1) is 10.3. The van der Waals surface area contributed by atoms with Crippen molar-refractivity contribution in [3.63, 3.8) is 0 Å². The Morgan fingerprint density at radius 1 is 1.64 bits per heavy atom. The number of H-pyrrole nitrogens is 1. The van der Waals surface area contributed by atoms with Crippen LogP contribution in [-0.4, -0.2) is 17.4 Å². The van der Waals surface area contributed by atoms with E-state index in [2.05, 4.69) is 10.3 Å². The van der Waals surface area contributed by atoms with Crippen molar-refractivity contribution in [3.8, 4) is 6.07 Å². The molecule has 0 aliphatic heterocycles. The summed E-state index contributed by atoms with van der Waals surface area (Å²) in [5, 5.41) is 11.0. The van der Waals surface area contributed by atoms with Crippen molar-refractivity contribution in [3.05, 3.63) is 24.0 Å². The summed E-state index contributed by atoms with van der Waals surface area (Å²) in [7, 11) is 0. The molecule has 0 aromatic carbocycles.